The number of aromatic nitrogens is 3. The molecule has 2 heterocycles. The molecule has 52 valence electrons. The Morgan fingerprint density at radius 1 is 1.60 bits per heavy atom. The standard InChI is InChI=1S/C7H7N3.H2/c1-5-9-6-2-3-8-4-7(6)10-5;/h2-4H,1H3,(H,9,10);1H. The fourth-order valence-electron chi connectivity index (χ4n) is 0.984. The Bertz CT molecular complexity index is 322. The molecule has 10 heavy (non-hydrogen) atoms. The highest BCUT2D eigenvalue weighted by atomic mass is 14.9. The van der Waals surface area contributed by atoms with Crippen molar-refractivity contribution in [3.8, 4) is 0 Å². The van der Waals surface area contributed by atoms with Gasteiger partial charge in [0, 0.05) is 7.62 Å². The monoisotopic (exact) mass is 135 g/mol. The summed E-state index contributed by atoms with van der Waals surface area (Å²) in [5.41, 5.74) is 1.98. The smallest absolute Gasteiger partial charge is 0.104 e. The first-order valence-electron chi connectivity index (χ1n) is 3.12. The van der Waals surface area contributed by atoms with Gasteiger partial charge in [-0.3, -0.25) is 4.98 Å². The molecular weight excluding hydrogens is 126 g/mol. The van der Waals surface area contributed by atoms with Crippen LogP contribution >= 0.6 is 0 Å². The molecular formula is C7H9N3. The van der Waals surface area contributed by atoms with E-state index in [1.165, 1.54) is 0 Å². The highest BCUT2D eigenvalue weighted by Gasteiger charge is 1.94. The summed E-state index contributed by atoms with van der Waals surface area (Å²) >= 11 is 0. The van der Waals surface area contributed by atoms with Crippen LogP contribution < -0.4 is 0 Å². The second kappa shape index (κ2) is 1.80. The van der Waals surface area contributed by atoms with Crippen molar-refractivity contribution in [1.29, 1.82) is 0 Å². The van der Waals surface area contributed by atoms with E-state index in [9.17, 15) is 0 Å². The van der Waals surface area contributed by atoms with Crippen molar-refractivity contribution in [1.82, 2.24) is 15.0 Å². The molecule has 0 bridgehead atoms. The summed E-state index contributed by atoms with van der Waals surface area (Å²) < 4.78 is 0. The molecule has 0 saturated heterocycles. The molecule has 3 heteroatoms. The van der Waals surface area contributed by atoms with Crippen LogP contribution in [0.5, 0.6) is 0 Å². The van der Waals surface area contributed by atoms with Crippen LogP contribution in [-0.2, 0) is 0 Å². The molecule has 0 amide bonds. The van der Waals surface area contributed by atoms with Crippen LogP contribution in [0.1, 0.15) is 7.25 Å². The minimum Gasteiger partial charge on any atom is -0.341 e. The summed E-state index contributed by atoms with van der Waals surface area (Å²) in [4.78, 5) is 11.3. The Hall–Kier alpha value is -1.38. The van der Waals surface area contributed by atoms with E-state index >= 15 is 0 Å². The number of nitrogens with zero attached hydrogens (tertiary/aromatic N) is 2. The van der Waals surface area contributed by atoms with Gasteiger partial charge in [0.2, 0.25) is 0 Å². The SMILES string of the molecule is Cc1nc2ccncc2[nH]1.[HH]. The average molecular weight is 135 g/mol. The average Bonchev–Trinajstić information content (AvgIpc) is 2.27. The zero-order valence-electron chi connectivity index (χ0n) is 5.63. The molecule has 0 atom stereocenters. The van der Waals surface area contributed by atoms with Crippen LogP contribution in [0.3, 0.4) is 0 Å². The number of hydrogen-bond acceptors (Lipinski definition) is 2. The maximum atomic E-state index is 4.22. The fraction of sp³-hybridized carbons (Fsp3) is 0.143. The third kappa shape index (κ3) is 0.673. The summed E-state index contributed by atoms with van der Waals surface area (Å²) in [6.45, 7) is 1.93. The molecule has 3 nitrogen and oxygen atoms in total. The van der Waals surface area contributed by atoms with E-state index in [4.69, 9.17) is 0 Å². The zero-order valence-corrected chi connectivity index (χ0v) is 5.63. The number of aryl methyl sites for hydroxylation is 1. The van der Waals surface area contributed by atoms with E-state index in [0.29, 0.717) is 0 Å². The largest absolute Gasteiger partial charge is 0.341 e. The maximum Gasteiger partial charge on any atom is 0.104 e. The Labute approximate surface area is 59.6 Å². The Kier molecular flexibility index (Phi) is 0.974. The van der Waals surface area contributed by atoms with Crippen LogP contribution in [0.2, 0.25) is 0 Å². The molecule has 2 aromatic rings. The van der Waals surface area contributed by atoms with Gasteiger partial charge in [-0.25, -0.2) is 4.98 Å². The molecule has 0 spiro atoms. The molecule has 0 aliphatic heterocycles. The van der Waals surface area contributed by atoms with E-state index in [0.717, 1.165) is 16.9 Å². The molecule has 1 N–H and O–H groups in total. The Morgan fingerprint density at radius 3 is 3.30 bits per heavy atom. The number of imidazole rings is 1. The lowest BCUT2D eigenvalue weighted by molar-refractivity contribution is 1.17. The lowest BCUT2D eigenvalue weighted by Crippen LogP contribution is -1.69. The summed E-state index contributed by atoms with van der Waals surface area (Å²) in [6.07, 6.45) is 3.51. The van der Waals surface area contributed by atoms with Gasteiger partial charge in [0.1, 0.15) is 5.82 Å². The summed E-state index contributed by atoms with van der Waals surface area (Å²) in [5.74, 6) is 0.933. The van der Waals surface area contributed by atoms with E-state index in [-0.39, 0.29) is 1.43 Å². The number of pyridine rings is 1. The van der Waals surface area contributed by atoms with Gasteiger partial charge in [-0.2, -0.15) is 0 Å². The number of hydrogen-bond donors (Lipinski definition) is 1. The topological polar surface area (TPSA) is 41.6 Å². The van der Waals surface area contributed by atoms with E-state index < -0.39 is 0 Å². The number of H-pyrrole nitrogens is 1. The lowest BCUT2D eigenvalue weighted by Gasteiger charge is -1.80. The van der Waals surface area contributed by atoms with Gasteiger partial charge in [-0.1, -0.05) is 0 Å². The van der Waals surface area contributed by atoms with Gasteiger partial charge in [0.25, 0.3) is 0 Å². The number of fused-ring (bicyclic) bond motifs is 1. The normalized spacial score (nSPS) is 10.5. The zero-order chi connectivity index (χ0) is 6.97. The highest BCUT2D eigenvalue weighted by molar-refractivity contribution is 5.73. The summed E-state index contributed by atoms with van der Waals surface area (Å²) in [7, 11) is 0. The number of aromatic amines is 1. The van der Waals surface area contributed by atoms with Crippen molar-refractivity contribution in [2.75, 3.05) is 0 Å². The Balaban J connectivity index is 0.000000605. The second-order valence-electron chi connectivity index (χ2n) is 2.22. The fourth-order valence-corrected chi connectivity index (χ4v) is 0.984. The highest BCUT2D eigenvalue weighted by Crippen LogP contribution is 2.06. The van der Waals surface area contributed by atoms with Crippen molar-refractivity contribution >= 4 is 11.0 Å². The number of nitrogens with one attached hydrogen (secondary N) is 1. The first-order valence-corrected chi connectivity index (χ1v) is 3.12. The van der Waals surface area contributed by atoms with Crippen LogP contribution in [0.4, 0.5) is 0 Å². The second-order valence-corrected chi connectivity index (χ2v) is 2.22. The minimum absolute atomic E-state index is 0. The third-order valence-electron chi connectivity index (χ3n) is 1.40. The van der Waals surface area contributed by atoms with E-state index in [1.807, 2.05) is 13.0 Å². The first kappa shape index (κ1) is 5.41. The van der Waals surface area contributed by atoms with E-state index in [2.05, 4.69) is 15.0 Å². The van der Waals surface area contributed by atoms with Crippen molar-refractivity contribution in [3.05, 3.63) is 24.3 Å². The molecule has 0 aliphatic rings. The summed E-state index contributed by atoms with van der Waals surface area (Å²) in [5, 5.41) is 0. The molecule has 2 aromatic heterocycles. The van der Waals surface area contributed by atoms with Gasteiger partial charge in [-0.15, -0.1) is 0 Å². The van der Waals surface area contributed by atoms with Crippen molar-refractivity contribution in [2.24, 2.45) is 0 Å². The van der Waals surface area contributed by atoms with Gasteiger partial charge >= 0.3 is 0 Å². The maximum absolute atomic E-state index is 4.22. The minimum atomic E-state index is 0. The van der Waals surface area contributed by atoms with E-state index in [1.54, 1.807) is 12.4 Å². The molecule has 2 rings (SSSR count). The van der Waals surface area contributed by atoms with Crippen molar-refractivity contribution in [2.45, 2.75) is 6.92 Å². The predicted octanol–water partition coefficient (Wildman–Crippen LogP) is 1.51. The lowest BCUT2D eigenvalue weighted by atomic mass is 10.4. The molecule has 0 aromatic carbocycles. The van der Waals surface area contributed by atoms with Crippen LogP contribution in [0.15, 0.2) is 18.5 Å². The van der Waals surface area contributed by atoms with Gasteiger partial charge < -0.3 is 4.98 Å². The molecule has 0 fully saturated rings. The predicted molar refractivity (Wildman–Crippen MR) is 40.7 cm³/mol. The molecule has 0 unspecified atom stereocenters. The summed E-state index contributed by atoms with van der Waals surface area (Å²) in [6, 6.07) is 1.89. The molecule has 0 radical (unpaired) electrons. The quantitative estimate of drug-likeness (QED) is 0.595. The van der Waals surface area contributed by atoms with Crippen LogP contribution in [0, 0.1) is 6.92 Å². The molecule has 0 aliphatic carbocycles. The van der Waals surface area contributed by atoms with Crippen LogP contribution in [-0.4, -0.2) is 15.0 Å². The van der Waals surface area contributed by atoms with Gasteiger partial charge in [-0.05, 0) is 13.0 Å². The van der Waals surface area contributed by atoms with Crippen molar-refractivity contribution < 1.29 is 1.43 Å². The van der Waals surface area contributed by atoms with Gasteiger partial charge in [0.15, 0.2) is 0 Å². The van der Waals surface area contributed by atoms with Crippen molar-refractivity contribution in [3.63, 3.8) is 0 Å². The number of rotatable bonds is 0. The molecule has 0 saturated carbocycles. The van der Waals surface area contributed by atoms with Gasteiger partial charge in [0.05, 0.1) is 17.2 Å². The Morgan fingerprint density at radius 2 is 2.50 bits per heavy atom. The third-order valence-corrected chi connectivity index (χ3v) is 1.40. The van der Waals surface area contributed by atoms with Crippen LogP contribution in [0.25, 0.3) is 11.0 Å². The first-order chi connectivity index (χ1) is 4.86.